The van der Waals surface area contributed by atoms with Crippen LogP contribution < -0.4 is 10.6 Å². The van der Waals surface area contributed by atoms with Gasteiger partial charge in [0.2, 0.25) is 5.91 Å². The number of fused-ring (bicyclic) bond motifs is 1. The van der Waals surface area contributed by atoms with Crippen molar-refractivity contribution < 1.29 is 14.3 Å². The van der Waals surface area contributed by atoms with Crippen LogP contribution in [0.2, 0.25) is 5.02 Å². The third-order valence-electron chi connectivity index (χ3n) is 5.80. The van der Waals surface area contributed by atoms with Crippen LogP contribution in [0.5, 0.6) is 0 Å². The second-order valence-electron chi connectivity index (χ2n) is 8.01. The topological polar surface area (TPSA) is 86.8 Å². The van der Waals surface area contributed by atoms with Crippen molar-refractivity contribution in [2.75, 3.05) is 37.9 Å². The molecule has 9 heteroatoms. The van der Waals surface area contributed by atoms with Gasteiger partial charge >= 0.3 is 6.03 Å². The number of nitrogens with zero attached hydrogens (tertiary/aromatic N) is 3. The van der Waals surface area contributed by atoms with Crippen molar-refractivity contribution in [3.05, 3.63) is 52.7 Å². The third kappa shape index (κ3) is 4.98. The van der Waals surface area contributed by atoms with Crippen LogP contribution in [-0.2, 0) is 22.5 Å². The maximum Gasteiger partial charge on any atom is 0.323 e. The summed E-state index contributed by atoms with van der Waals surface area (Å²) in [6.45, 7) is 2.23. The lowest BCUT2D eigenvalue weighted by atomic mass is 9.99. The Hall–Kier alpha value is -2.68. The number of carbonyl (C=O) groups is 2. The molecular formula is C22H26ClN5O3. The summed E-state index contributed by atoms with van der Waals surface area (Å²) in [5.41, 5.74) is 3.28. The summed E-state index contributed by atoms with van der Waals surface area (Å²) in [6, 6.07) is 8.23. The molecule has 0 bridgehead atoms. The lowest BCUT2D eigenvalue weighted by Gasteiger charge is -2.26. The summed E-state index contributed by atoms with van der Waals surface area (Å²) in [5, 5.41) is 6.19. The number of benzene rings is 1. The Balaban J connectivity index is 1.46. The molecule has 1 saturated heterocycles. The van der Waals surface area contributed by atoms with Gasteiger partial charge in [-0.25, -0.2) is 9.78 Å². The zero-order chi connectivity index (χ0) is 22.0. The number of aromatic nitrogens is 1. The molecule has 2 aliphatic heterocycles. The van der Waals surface area contributed by atoms with Gasteiger partial charge in [0.05, 0.1) is 11.1 Å². The van der Waals surface area contributed by atoms with Crippen molar-refractivity contribution in [3.63, 3.8) is 0 Å². The van der Waals surface area contributed by atoms with Crippen LogP contribution in [-0.4, -0.2) is 66.1 Å². The van der Waals surface area contributed by atoms with E-state index < -0.39 is 12.1 Å². The smallest absolute Gasteiger partial charge is 0.323 e. The number of anilines is 2. The highest BCUT2D eigenvalue weighted by Gasteiger charge is 2.40. The second-order valence-corrected chi connectivity index (χ2v) is 8.45. The molecule has 0 aliphatic carbocycles. The van der Waals surface area contributed by atoms with Crippen LogP contribution in [0.15, 0.2) is 36.5 Å². The van der Waals surface area contributed by atoms with Gasteiger partial charge < -0.3 is 19.9 Å². The van der Waals surface area contributed by atoms with Crippen molar-refractivity contribution in [2.24, 2.45) is 0 Å². The van der Waals surface area contributed by atoms with Crippen molar-refractivity contribution in [2.45, 2.75) is 31.5 Å². The first kappa shape index (κ1) is 21.5. The van der Waals surface area contributed by atoms with E-state index in [0.29, 0.717) is 23.8 Å². The summed E-state index contributed by atoms with van der Waals surface area (Å²) in [7, 11) is 3.69. The van der Waals surface area contributed by atoms with Crippen molar-refractivity contribution in [3.8, 4) is 0 Å². The molecule has 8 nitrogen and oxygen atoms in total. The van der Waals surface area contributed by atoms with Gasteiger partial charge in [-0.3, -0.25) is 10.1 Å². The average Bonchev–Trinajstić information content (AvgIpc) is 3.20. The van der Waals surface area contributed by atoms with Gasteiger partial charge in [-0.2, -0.15) is 0 Å². The lowest BCUT2D eigenvalue weighted by Crippen LogP contribution is -2.45. The van der Waals surface area contributed by atoms with E-state index in [1.54, 1.807) is 19.2 Å². The van der Waals surface area contributed by atoms with E-state index in [9.17, 15) is 9.59 Å². The Kier molecular flexibility index (Phi) is 6.41. The Bertz CT molecular complexity index is 968. The number of hydrogen-bond acceptors (Lipinski definition) is 5. The quantitative estimate of drug-likeness (QED) is 0.758. The minimum atomic E-state index is -0.639. The predicted molar refractivity (Wildman–Crippen MR) is 119 cm³/mol. The molecule has 4 rings (SSSR count). The number of methoxy groups -OCH3 is 1. The maximum atomic E-state index is 13.1. The van der Waals surface area contributed by atoms with Gasteiger partial charge in [0.15, 0.2) is 0 Å². The van der Waals surface area contributed by atoms with Crippen molar-refractivity contribution in [1.82, 2.24) is 14.8 Å². The summed E-state index contributed by atoms with van der Waals surface area (Å²) >= 11 is 5.85. The van der Waals surface area contributed by atoms with Gasteiger partial charge in [-0.15, -0.1) is 0 Å². The van der Waals surface area contributed by atoms with Crippen LogP contribution in [0.4, 0.5) is 16.3 Å². The van der Waals surface area contributed by atoms with Crippen LogP contribution in [0, 0.1) is 0 Å². The molecule has 1 unspecified atom stereocenters. The summed E-state index contributed by atoms with van der Waals surface area (Å²) in [5.74, 6) is 0.140. The Morgan fingerprint density at radius 2 is 2.03 bits per heavy atom. The van der Waals surface area contributed by atoms with E-state index in [4.69, 9.17) is 16.3 Å². The van der Waals surface area contributed by atoms with E-state index in [0.717, 1.165) is 25.2 Å². The Morgan fingerprint density at radius 3 is 2.77 bits per heavy atom. The Labute approximate surface area is 186 Å². The highest BCUT2D eigenvalue weighted by atomic mass is 35.5. The minimum Gasteiger partial charge on any atom is -0.380 e. The number of carbonyl (C=O) groups excluding carboxylic acids is 2. The third-order valence-corrected chi connectivity index (χ3v) is 6.02. The molecule has 3 amide bonds. The van der Waals surface area contributed by atoms with Crippen LogP contribution in [0.3, 0.4) is 0 Å². The standard InChI is InChI=1S/C22H26ClN5O3/c1-27-8-7-14-9-17(5-3-15(14)12-27)25-21(29)19-10-18(31-2)13-28(19)22(30)26-20-6-4-16(23)11-24-20/h3-6,9,11,18-19H,7-8,10,12-13H2,1-2H3,(H,25,29)(H,24,26,30)/t18?,19-/m1/s1. The van der Waals surface area contributed by atoms with Gasteiger partial charge in [0.25, 0.3) is 0 Å². The highest BCUT2D eigenvalue weighted by Crippen LogP contribution is 2.25. The van der Waals surface area contributed by atoms with E-state index in [-0.39, 0.29) is 12.0 Å². The predicted octanol–water partition coefficient (Wildman–Crippen LogP) is 2.98. The fourth-order valence-corrected chi connectivity index (χ4v) is 4.18. The van der Waals surface area contributed by atoms with Crippen LogP contribution in [0.1, 0.15) is 17.5 Å². The molecule has 0 saturated carbocycles. The van der Waals surface area contributed by atoms with Gasteiger partial charge in [-0.05, 0) is 48.9 Å². The zero-order valence-electron chi connectivity index (χ0n) is 17.6. The number of urea groups is 1. The number of pyridine rings is 1. The summed E-state index contributed by atoms with van der Waals surface area (Å²) < 4.78 is 5.43. The summed E-state index contributed by atoms with van der Waals surface area (Å²) in [4.78, 5) is 33.8. The van der Waals surface area contributed by atoms with E-state index in [2.05, 4.69) is 33.6 Å². The number of likely N-dealkylation sites (tertiary alicyclic amines) is 1. The number of likely N-dealkylation sites (N-methyl/N-ethyl adjacent to an activating group) is 1. The van der Waals surface area contributed by atoms with Crippen molar-refractivity contribution in [1.29, 1.82) is 0 Å². The molecule has 2 atom stereocenters. The number of nitrogens with one attached hydrogen (secondary N) is 2. The number of hydrogen-bond donors (Lipinski definition) is 2. The normalized spacial score (nSPS) is 20.9. The number of amides is 3. The Morgan fingerprint density at radius 1 is 1.19 bits per heavy atom. The molecule has 1 fully saturated rings. The first-order valence-electron chi connectivity index (χ1n) is 10.3. The van der Waals surface area contributed by atoms with Gasteiger partial charge in [-0.1, -0.05) is 17.7 Å². The minimum absolute atomic E-state index is 0.209. The SMILES string of the molecule is COC1C[C@H](C(=O)Nc2ccc3c(c2)CCN(C)C3)N(C(=O)Nc2ccc(Cl)cn2)C1. The second kappa shape index (κ2) is 9.21. The van der Waals surface area contributed by atoms with E-state index >= 15 is 0 Å². The molecule has 2 N–H and O–H groups in total. The fourth-order valence-electron chi connectivity index (χ4n) is 4.07. The molecule has 0 spiro atoms. The first-order chi connectivity index (χ1) is 14.9. The van der Waals surface area contributed by atoms with Crippen LogP contribution in [0.25, 0.3) is 0 Å². The van der Waals surface area contributed by atoms with Crippen LogP contribution >= 0.6 is 11.6 Å². The fraction of sp³-hybridized carbons (Fsp3) is 0.409. The first-order valence-corrected chi connectivity index (χ1v) is 10.6. The van der Waals surface area contributed by atoms with Gasteiger partial charge in [0.1, 0.15) is 11.9 Å². The molecule has 0 radical (unpaired) electrons. The molecule has 2 aliphatic rings. The molecule has 2 aromatic rings. The van der Waals surface area contributed by atoms with E-state index in [1.807, 2.05) is 12.1 Å². The largest absolute Gasteiger partial charge is 0.380 e. The van der Waals surface area contributed by atoms with Crippen molar-refractivity contribution >= 4 is 35.0 Å². The molecule has 1 aromatic carbocycles. The number of ether oxygens (including phenoxy) is 1. The average molecular weight is 444 g/mol. The molecule has 164 valence electrons. The summed E-state index contributed by atoms with van der Waals surface area (Å²) in [6.07, 6.45) is 2.63. The molecular weight excluding hydrogens is 418 g/mol. The highest BCUT2D eigenvalue weighted by molar-refractivity contribution is 6.30. The monoisotopic (exact) mass is 443 g/mol. The molecule has 31 heavy (non-hydrogen) atoms. The molecule has 3 heterocycles. The van der Waals surface area contributed by atoms with Gasteiger partial charge in [0, 0.05) is 45.0 Å². The number of rotatable bonds is 4. The maximum absolute atomic E-state index is 13.1. The van der Waals surface area contributed by atoms with E-state index in [1.165, 1.54) is 22.2 Å². The lowest BCUT2D eigenvalue weighted by molar-refractivity contribution is -0.119. The zero-order valence-corrected chi connectivity index (χ0v) is 18.4. The molecule has 1 aromatic heterocycles. The number of halogens is 1.